The summed E-state index contributed by atoms with van der Waals surface area (Å²) in [6.45, 7) is 1.70. The zero-order chi connectivity index (χ0) is 15.5. The number of carbonyl (C=O) groups excluding carboxylic acids is 1. The molecule has 2 heterocycles. The zero-order valence-corrected chi connectivity index (χ0v) is 12.6. The van der Waals surface area contributed by atoms with Gasteiger partial charge in [-0.25, -0.2) is 4.98 Å². The normalized spacial score (nSPS) is 16.6. The van der Waals surface area contributed by atoms with E-state index in [-0.39, 0.29) is 5.91 Å². The Labute approximate surface area is 129 Å². The van der Waals surface area contributed by atoms with Gasteiger partial charge in [-0.15, -0.1) is 0 Å². The molecule has 0 saturated carbocycles. The Morgan fingerprint density at radius 2 is 2.23 bits per heavy atom. The van der Waals surface area contributed by atoms with Crippen molar-refractivity contribution in [3.8, 4) is 6.07 Å². The minimum atomic E-state index is -0.00148. The molecule has 22 heavy (non-hydrogen) atoms. The van der Waals surface area contributed by atoms with E-state index in [4.69, 9.17) is 5.26 Å². The summed E-state index contributed by atoms with van der Waals surface area (Å²) in [5, 5.41) is 8.80. The van der Waals surface area contributed by atoms with Crippen LogP contribution in [0.1, 0.15) is 28.2 Å². The molecule has 1 aromatic carbocycles. The quantitative estimate of drug-likeness (QED) is 0.871. The van der Waals surface area contributed by atoms with Crippen molar-refractivity contribution >= 4 is 5.91 Å². The van der Waals surface area contributed by atoms with Crippen molar-refractivity contribution in [2.24, 2.45) is 5.92 Å². The second-order valence-electron chi connectivity index (χ2n) is 5.77. The van der Waals surface area contributed by atoms with Crippen LogP contribution in [0.4, 0.5) is 0 Å². The van der Waals surface area contributed by atoms with Gasteiger partial charge in [-0.3, -0.25) is 4.79 Å². The van der Waals surface area contributed by atoms with Crippen LogP contribution in [0, 0.1) is 17.2 Å². The molecule has 0 fully saturated rings. The van der Waals surface area contributed by atoms with Gasteiger partial charge in [0, 0.05) is 44.5 Å². The van der Waals surface area contributed by atoms with Gasteiger partial charge in [0.1, 0.15) is 5.82 Å². The van der Waals surface area contributed by atoms with E-state index in [9.17, 15) is 4.79 Å². The first-order chi connectivity index (χ1) is 10.7. The summed E-state index contributed by atoms with van der Waals surface area (Å²) in [6.07, 6.45) is 5.83. The number of aryl methyl sites for hydroxylation is 1. The van der Waals surface area contributed by atoms with Crippen LogP contribution in [0.2, 0.25) is 0 Å². The van der Waals surface area contributed by atoms with E-state index in [1.54, 1.807) is 29.2 Å². The van der Waals surface area contributed by atoms with Crippen LogP contribution in [0.25, 0.3) is 0 Å². The monoisotopic (exact) mass is 294 g/mol. The number of nitriles is 1. The molecule has 0 spiro atoms. The highest BCUT2D eigenvalue weighted by Gasteiger charge is 2.22. The molecule has 1 amide bonds. The number of fused-ring (bicyclic) bond motifs is 1. The van der Waals surface area contributed by atoms with Gasteiger partial charge >= 0.3 is 0 Å². The Balaban J connectivity index is 1.63. The van der Waals surface area contributed by atoms with E-state index in [1.165, 1.54) is 0 Å². The number of imidazole rings is 1. The second-order valence-corrected chi connectivity index (χ2v) is 5.77. The molecular weight excluding hydrogens is 276 g/mol. The van der Waals surface area contributed by atoms with Crippen LogP contribution in [0.15, 0.2) is 36.7 Å². The second kappa shape index (κ2) is 6.02. The van der Waals surface area contributed by atoms with E-state index >= 15 is 0 Å². The van der Waals surface area contributed by atoms with Gasteiger partial charge in [0.15, 0.2) is 0 Å². The molecule has 1 unspecified atom stereocenters. The highest BCUT2D eigenvalue weighted by molar-refractivity contribution is 5.94. The summed E-state index contributed by atoms with van der Waals surface area (Å²) in [5.41, 5.74) is 1.19. The Morgan fingerprint density at radius 1 is 1.45 bits per heavy atom. The molecule has 1 aliphatic heterocycles. The fourth-order valence-corrected chi connectivity index (χ4v) is 2.95. The molecule has 0 bridgehead atoms. The lowest BCUT2D eigenvalue weighted by atomic mass is 9.97. The maximum absolute atomic E-state index is 12.4. The SMILES string of the molecule is CN(CC1CCn2ccnc2C1)C(=O)c1ccc(C#N)cc1. The zero-order valence-electron chi connectivity index (χ0n) is 12.6. The molecule has 2 aromatic rings. The third-order valence-corrected chi connectivity index (χ3v) is 4.19. The summed E-state index contributed by atoms with van der Waals surface area (Å²) >= 11 is 0. The highest BCUT2D eigenvalue weighted by atomic mass is 16.2. The van der Waals surface area contributed by atoms with Crippen LogP contribution in [-0.2, 0) is 13.0 Å². The van der Waals surface area contributed by atoms with Crippen molar-refractivity contribution in [2.75, 3.05) is 13.6 Å². The topological polar surface area (TPSA) is 61.9 Å². The number of rotatable bonds is 3. The summed E-state index contributed by atoms with van der Waals surface area (Å²) in [6, 6.07) is 8.85. The number of nitrogens with zero attached hydrogens (tertiary/aromatic N) is 4. The molecule has 112 valence electrons. The smallest absolute Gasteiger partial charge is 0.253 e. The van der Waals surface area contributed by atoms with Gasteiger partial charge in [0.25, 0.3) is 5.91 Å². The molecule has 5 heteroatoms. The maximum atomic E-state index is 12.4. The average molecular weight is 294 g/mol. The fraction of sp³-hybridized carbons (Fsp3) is 0.353. The number of amides is 1. The fourth-order valence-electron chi connectivity index (χ4n) is 2.95. The van der Waals surface area contributed by atoms with Crippen molar-refractivity contribution in [2.45, 2.75) is 19.4 Å². The summed E-state index contributed by atoms with van der Waals surface area (Å²) in [5.74, 6) is 1.55. The minimum Gasteiger partial charge on any atom is -0.341 e. The van der Waals surface area contributed by atoms with E-state index in [1.807, 2.05) is 19.4 Å². The lowest BCUT2D eigenvalue weighted by Gasteiger charge is -2.27. The molecule has 1 aromatic heterocycles. The summed E-state index contributed by atoms with van der Waals surface area (Å²) < 4.78 is 2.18. The first kappa shape index (κ1) is 14.3. The van der Waals surface area contributed by atoms with Crippen LogP contribution < -0.4 is 0 Å². The highest BCUT2D eigenvalue weighted by Crippen LogP contribution is 2.20. The maximum Gasteiger partial charge on any atom is 0.253 e. The lowest BCUT2D eigenvalue weighted by Crippen LogP contribution is -2.35. The van der Waals surface area contributed by atoms with E-state index in [0.717, 1.165) is 31.8 Å². The third kappa shape index (κ3) is 2.86. The van der Waals surface area contributed by atoms with Crippen LogP contribution >= 0.6 is 0 Å². The third-order valence-electron chi connectivity index (χ3n) is 4.19. The Bertz CT molecular complexity index is 711. The number of aromatic nitrogens is 2. The van der Waals surface area contributed by atoms with Gasteiger partial charge in [0.05, 0.1) is 11.6 Å². The van der Waals surface area contributed by atoms with Crippen molar-refractivity contribution in [3.05, 3.63) is 53.6 Å². The van der Waals surface area contributed by atoms with E-state index in [0.29, 0.717) is 17.0 Å². The summed E-state index contributed by atoms with van der Waals surface area (Å²) in [4.78, 5) is 18.6. The van der Waals surface area contributed by atoms with Crippen LogP contribution in [0.5, 0.6) is 0 Å². The number of hydrogen-bond donors (Lipinski definition) is 0. The van der Waals surface area contributed by atoms with Gasteiger partial charge in [-0.2, -0.15) is 5.26 Å². The molecule has 0 aliphatic carbocycles. The molecule has 0 saturated heterocycles. The molecule has 3 rings (SSSR count). The Kier molecular flexibility index (Phi) is 3.92. The van der Waals surface area contributed by atoms with Gasteiger partial charge < -0.3 is 9.47 Å². The predicted molar refractivity (Wildman–Crippen MR) is 82.2 cm³/mol. The molecule has 0 radical (unpaired) electrons. The molecular formula is C17H18N4O. The predicted octanol–water partition coefficient (Wildman–Crippen LogP) is 2.09. The number of hydrogen-bond acceptors (Lipinski definition) is 3. The van der Waals surface area contributed by atoms with Crippen molar-refractivity contribution in [1.82, 2.24) is 14.5 Å². The molecule has 1 atom stereocenters. The Morgan fingerprint density at radius 3 is 2.95 bits per heavy atom. The van der Waals surface area contributed by atoms with Crippen molar-refractivity contribution in [1.29, 1.82) is 5.26 Å². The number of carbonyl (C=O) groups is 1. The average Bonchev–Trinajstić information content (AvgIpc) is 3.02. The molecule has 0 N–H and O–H groups in total. The van der Waals surface area contributed by atoms with Gasteiger partial charge in [-0.1, -0.05) is 0 Å². The van der Waals surface area contributed by atoms with Crippen LogP contribution in [-0.4, -0.2) is 34.0 Å². The van der Waals surface area contributed by atoms with Gasteiger partial charge in [0.2, 0.25) is 0 Å². The molecule has 5 nitrogen and oxygen atoms in total. The molecule has 1 aliphatic rings. The number of benzene rings is 1. The van der Waals surface area contributed by atoms with Crippen molar-refractivity contribution in [3.63, 3.8) is 0 Å². The standard InChI is InChI=1S/C17H18N4O/c1-20(17(22)15-4-2-13(11-18)3-5-15)12-14-6-8-21-9-7-19-16(21)10-14/h2-5,7,9,14H,6,8,10,12H2,1H3. The van der Waals surface area contributed by atoms with Gasteiger partial charge in [-0.05, 0) is 36.6 Å². The van der Waals surface area contributed by atoms with E-state index < -0.39 is 0 Å². The first-order valence-electron chi connectivity index (χ1n) is 7.43. The van der Waals surface area contributed by atoms with Crippen molar-refractivity contribution < 1.29 is 4.79 Å². The summed E-state index contributed by atoms with van der Waals surface area (Å²) in [7, 11) is 1.83. The van der Waals surface area contributed by atoms with E-state index in [2.05, 4.69) is 15.6 Å². The largest absolute Gasteiger partial charge is 0.341 e. The minimum absolute atomic E-state index is 0.00148. The van der Waals surface area contributed by atoms with Crippen LogP contribution in [0.3, 0.4) is 0 Å². The Hall–Kier alpha value is -2.61. The first-order valence-corrected chi connectivity index (χ1v) is 7.43. The lowest BCUT2D eigenvalue weighted by molar-refractivity contribution is 0.0764.